The van der Waals surface area contributed by atoms with E-state index in [4.69, 9.17) is 4.74 Å². The molecule has 5 nitrogen and oxygen atoms in total. The van der Waals surface area contributed by atoms with E-state index in [-0.39, 0.29) is 12.5 Å². The van der Waals surface area contributed by atoms with Crippen molar-refractivity contribution < 1.29 is 9.53 Å². The molecule has 16 heavy (non-hydrogen) atoms. The summed E-state index contributed by atoms with van der Waals surface area (Å²) in [7, 11) is 0. The molecule has 1 aromatic heterocycles. The van der Waals surface area contributed by atoms with Gasteiger partial charge in [0, 0.05) is 18.4 Å². The first kappa shape index (κ1) is 12.7. The predicted octanol–water partition coefficient (Wildman–Crippen LogP) is 0.944. The zero-order valence-electron chi connectivity index (χ0n) is 10.1. The van der Waals surface area contributed by atoms with Crippen LogP contribution in [-0.4, -0.2) is 28.2 Å². The lowest BCUT2D eigenvalue weighted by Crippen LogP contribution is -2.25. The summed E-state index contributed by atoms with van der Waals surface area (Å²) in [6, 6.07) is 0.396. The molecule has 0 aliphatic heterocycles. The third-order valence-corrected chi connectivity index (χ3v) is 2.07. The fourth-order valence-electron chi connectivity index (χ4n) is 1.29. The lowest BCUT2D eigenvalue weighted by Gasteiger charge is -2.10. The molecular weight excluding hydrogens is 206 g/mol. The van der Waals surface area contributed by atoms with Gasteiger partial charge in [0.25, 0.3) is 0 Å². The minimum atomic E-state index is -0.230. The molecule has 0 unspecified atom stereocenters. The van der Waals surface area contributed by atoms with Crippen LogP contribution in [0.25, 0.3) is 0 Å². The summed E-state index contributed by atoms with van der Waals surface area (Å²) >= 11 is 0. The fourth-order valence-corrected chi connectivity index (χ4v) is 1.29. The minimum Gasteiger partial charge on any atom is -0.465 e. The lowest BCUT2D eigenvalue weighted by atomic mass is 10.4. The van der Waals surface area contributed by atoms with Crippen LogP contribution in [0.2, 0.25) is 0 Å². The third kappa shape index (κ3) is 4.02. The highest BCUT2D eigenvalue weighted by Crippen LogP contribution is 1.99. The molecule has 0 bridgehead atoms. The number of aromatic nitrogens is 2. The van der Waals surface area contributed by atoms with Crippen molar-refractivity contribution in [3.63, 3.8) is 0 Å². The summed E-state index contributed by atoms with van der Waals surface area (Å²) in [5.41, 5.74) is 0. The maximum absolute atomic E-state index is 11.3. The van der Waals surface area contributed by atoms with Gasteiger partial charge in [-0.1, -0.05) is 13.8 Å². The van der Waals surface area contributed by atoms with Gasteiger partial charge in [0.15, 0.2) is 0 Å². The van der Waals surface area contributed by atoms with Gasteiger partial charge in [0.05, 0.1) is 13.2 Å². The van der Waals surface area contributed by atoms with E-state index in [0.29, 0.717) is 19.2 Å². The van der Waals surface area contributed by atoms with Gasteiger partial charge in [-0.05, 0) is 6.92 Å². The van der Waals surface area contributed by atoms with Gasteiger partial charge in [0.1, 0.15) is 12.4 Å². The predicted molar refractivity (Wildman–Crippen MR) is 60.8 cm³/mol. The van der Waals surface area contributed by atoms with Crippen molar-refractivity contribution >= 4 is 5.97 Å². The van der Waals surface area contributed by atoms with Gasteiger partial charge in [-0.2, -0.15) is 0 Å². The van der Waals surface area contributed by atoms with Crippen molar-refractivity contribution in [2.45, 2.75) is 39.9 Å². The van der Waals surface area contributed by atoms with E-state index in [1.165, 1.54) is 0 Å². The van der Waals surface area contributed by atoms with E-state index in [9.17, 15) is 4.79 Å². The molecule has 1 rings (SSSR count). The van der Waals surface area contributed by atoms with Crippen LogP contribution in [-0.2, 0) is 22.6 Å². The molecule has 0 amide bonds. The summed E-state index contributed by atoms with van der Waals surface area (Å²) in [5.74, 6) is 0.619. The van der Waals surface area contributed by atoms with Crippen LogP contribution in [0.3, 0.4) is 0 Å². The standard InChI is InChI=1S/C11H19N3O2/c1-4-16-11(15)8-14-6-5-12-10(14)7-13-9(2)3/h5-6,9,13H,4,7-8H2,1-3H3. The average Bonchev–Trinajstić information content (AvgIpc) is 2.62. The number of rotatable bonds is 6. The Morgan fingerprint density at radius 3 is 3.00 bits per heavy atom. The topological polar surface area (TPSA) is 56.2 Å². The second kappa shape index (κ2) is 6.27. The van der Waals surface area contributed by atoms with Gasteiger partial charge in [0.2, 0.25) is 0 Å². The molecule has 0 radical (unpaired) electrons. The number of hydrogen-bond acceptors (Lipinski definition) is 4. The molecule has 0 aromatic carbocycles. The second-order valence-corrected chi connectivity index (χ2v) is 3.81. The Morgan fingerprint density at radius 1 is 1.62 bits per heavy atom. The zero-order valence-corrected chi connectivity index (χ0v) is 10.1. The van der Waals surface area contributed by atoms with Gasteiger partial charge >= 0.3 is 5.97 Å². The molecule has 0 fully saturated rings. The van der Waals surface area contributed by atoms with Crippen molar-refractivity contribution in [1.82, 2.24) is 14.9 Å². The molecule has 0 aliphatic rings. The van der Waals surface area contributed by atoms with Gasteiger partial charge in [-0.3, -0.25) is 4.79 Å². The molecule has 0 atom stereocenters. The summed E-state index contributed by atoms with van der Waals surface area (Å²) in [6.07, 6.45) is 3.48. The monoisotopic (exact) mass is 225 g/mol. The molecule has 1 heterocycles. The normalized spacial score (nSPS) is 10.8. The van der Waals surface area contributed by atoms with E-state index in [1.54, 1.807) is 23.9 Å². The highest BCUT2D eigenvalue weighted by Gasteiger charge is 2.08. The zero-order chi connectivity index (χ0) is 12.0. The van der Waals surface area contributed by atoms with Gasteiger partial charge < -0.3 is 14.6 Å². The number of ether oxygens (including phenoxy) is 1. The van der Waals surface area contributed by atoms with E-state index in [1.807, 2.05) is 0 Å². The van der Waals surface area contributed by atoms with Crippen LogP contribution < -0.4 is 5.32 Å². The molecular formula is C11H19N3O2. The van der Waals surface area contributed by atoms with E-state index < -0.39 is 0 Å². The minimum absolute atomic E-state index is 0.225. The first-order chi connectivity index (χ1) is 7.63. The summed E-state index contributed by atoms with van der Waals surface area (Å²) in [4.78, 5) is 15.5. The number of hydrogen-bond donors (Lipinski definition) is 1. The van der Waals surface area contributed by atoms with Crippen LogP contribution in [0, 0.1) is 0 Å². The van der Waals surface area contributed by atoms with Crippen LogP contribution in [0.4, 0.5) is 0 Å². The lowest BCUT2D eigenvalue weighted by molar-refractivity contribution is -0.143. The number of nitrogens with zero attached hydrogens (tertiary/aromatic N) is 2. The van der Waals surface area contributed by atoms with Crippen LogP contribution in [0.1, 0.15) is 26.6 Å². The van der Waals surface area contributed by atoms with Crippen LogP contribution in [0.5, 0.6) is 0 Å². The van der Waals surface area contributed by atoms with Crippen molar-refractivity contribution in [3.8, 4) is 0 Å². The van der Waals surface area contributed by atoms with Crippen molar-refractivity contribution in [1.29, 1.82) is 0 Å². The van der Waals surface area contributed by atoms with Gasteiger partial charge in [-0.15, -0.1) is 0 Å². The maximum Gasteiger partial charge on any atom is 0.325 e. The summed E-state index contributed by atoms with van der Waals surface area (Å²) < 4.78 is 6.69. The molecule has 5 heteroatoms. The third-order valence-electron chi connectivity index (χ3n) is 2.07. The second-order valence-electron chi connectivity index (χ2n) is 3.81. The van der Waals surface area contributed by atoms with Crippen molar-refractivity contribution in [2.75, 3.05) is 6.61 Å². The van der Waals surface area contributed by atoms with E-state index in [0.717, 1.165) is 5.82 Å². The Hall–Kier alpha value is -1.36. The van der Waals surface area contributed by atoms with Crippen molar-refractivity contribution in [2.24, 2.45) is 0 Å². The number of esters is 1. The Bertz CT molecular complexity index is 334. The number of nitrogens with one attached hydrogen (secondary N) is 1. The first-order valence-electron chi connectivity index (χ1n) is 5.52. The first-order valence-corrected chi connectivity index (χ1v) is 5.52. The van der Waals surface area contributed by atoms with E-state index in [2.05, 4.69) is 24.1 Å². The molecule has 0 aliphatic carbocycles. The SMILES string of the molecule is CCOC(=O)Cn1ccnc1CNC(C)C. The largest absolute Gasteiger partial charge is 0.465 e. The number of imidazole rings is 1. The molecule has 0 saturated carbocycles. The quantitative estimate of drug-likeness (QED) is 0.732. The van der Waals surface area contributed by atoms with Crippen LogP contribution in [0.15, 0.2) is 12.4 Å². The number of carbonyl (C=O) groups excluding carboxylic acids is 1. The Labute approximate surface area is 95.8 Å². The molecule has 0 spiro atoms. The van der Waals surface area contributed by atoms with Gasteiger partial charge in [-0.25, -0.2) is 4.98 Å². The highest BCUT2D eigenvalue weighted by atomic mass is 16.5. The fraction of sp³-hybridized carbons (Fsp3) is 0.636. The Kier molecular flexibility index (Phi) is 4.98. The van der Waals surface area contributed by atoms with Crippen molar-refractivity contribution in [3.05, 3.63) is 18.2 Å². The Morgan fingerprint density at radius 2 is 2.38 bits per heavy atom. The maximum atomic E-state index is 11.3. The highest BCUT2D eigenvalue weighted by molar-refractivity contribution is 5.69. The molecule has 0 saturated heterocycles. The number of carbonyl (C=O) groups is 1. The average molecular weight is 225 g/mol. The molecule has 1 N–H and O–H groups in total. The summed E-state index contributed by atoms with van der Waals surface area (Å²) in [6.45, 7) is 7.23. The molecule has 90 valence electrons. The summed E-state index contributed by atoms with van der Waals surface area (Å²) in [5, 5.41) is 3.26. The van der Waals surface area contributed by atoms with E-state index >= 15 is 0 Å². The Balaban J connectivity index is 2.53. The van der Waals surface area contributed by atoms with Crippen LogP contribution >= 0.6 is 0 Å². The smallest absolute Gasteiger partial charge is 0.325 e. The molecule has 1 aromatic rings.